The molecule has 0 unspecified atom stereocenters. The molecule has 0 radical (unpaired) electrons. The van der Waals surface area contributed by atoms with Crippen molar-refractivity contribution in [2.75, 3.05) is 6.61 Å². The van der Waals surface area contributed by atoms with Gasteiger partial charge in [0.1, 0.15) is 0 Å². The summed E-state index contributed by atoms with van der Waals surface area (Å²) in [5.74, 6) is -0.350. The molecule has 4 nitrogen and oxygen atoms in total. The first kappa shape index (κ1) is 20.0. The van der Waals surface area contributed by atoms with Gasteiger partial charge in [0.2, 0.25) is 0 Å². The normalized spacial score (nSPS) is 13.3. The van der Waals surface area contributed by atoms with Gasteiger partial charge in [0.25, 0.3) is 0 Å². The number of hydrogen-bond acceptors (Lipinski definition) is 3. The molecular weight excluding hydrogens is 346 g/mol. The van der Waals surface area contributed by atoms with Crippen molar-refractivity contribution in [3.05, 3.63) is 65.2 Å². The molecule has 0 N–H and O–H groups in total. The van der Waals surface area contributed by atoms with Crippen molar-refractivity contribution in [3.8, 4) is 0 Å². The van der Waals surface area contributed by atoms with Crippen molar-refractivity contribution in [1.29, 1.82) is 0 Å². The monoisotopic (exact) mass is 371 g/mol. The van der Waals surface area contributed by atoms with E-state index in [1.807, 2.05) is 64.1 Å². The highest BCUT2D eigenvalue weighted by molar-refractivity contribution is 7.84. The third-order valence-electron chi connectivity index (χ3n) is 3.78. The summed E-state index contributed by atoms with van der Waals surface area (Å²) in [6.07, 6.45) is 0. The minimum Gasteiger partial charge on any atom is -0.462 e. The molecule has 1 atom stereocenters. The number of carbonyl (C=O) groups excluding carboxylic acids is 1. The van der Waals surface area contributed by atoms with E-state index < -0.39 is 11.0 Å². The Hall–Kier alpha value is -2.27. The van der Waals surface area contributed by atoms with Gasteiger partial charge in [-0.1, -0.05) is 50.6 Å². The topological polar surface area (TPSA) is 55.7 Å². The third kappa shape index (κ3) is 5.11. The first-order valence-corrected chi connectivity index (χ1v) is 9.68. The number of rotatable bonds is 5. The highest BCUT2D eigenvalue weighted by atomic mass is 32.2. The van der Waals surface area contributed by atoms with Crippen LogP contribution in [0.1, 0.15) is 49.2 Å². The van der Waals surface area contributed by atoms with Crippen LogP contribution >= 0.6 is 0 Å². The molecule has 0 bridgehead atoms. The van der Waals surface area contributed by atoms with Gasteiger partial charge in [0.15, 0.2) is 11.0 Å². The molecule has 5 heteroatoms. The van der Waals surface area contributed by atoms with E-state index in [0.717, 1.165) is 16.8 Å². The predicted molar refractivity (Wildman–Crippen MR) is 106 cm³/mol. The average molecular weight is 372 g/mol. The second kappa shape index (κ2) is 8.41. The number of esters is 1. The van der Waals surface area contributed by atoms with Crippen molar-refractivity contribution in [3.63, 3.8) is 0 Å². The van der Waals surface area contributed by atoms with E-state index in [9.17, 15) is 9.00 Å². The Morgan fingerprint density at radius 1 is 1.00 bits per heavy atom. The number of carbonyl (C=O) groups is 1. The van der Waals surface area contributed by atoms with Crippen LogP contribution in [0, 0.1) is 12.3 Å². The molecule has 0 aliphatic heterocycles. The lowest BCUT2D eigenvalue weighted by Gasteiger charge is -2.21. The van der Waals surface area contributed by atoms with Crippen LogP contribution in [-0.2, 0) is 15.7 Å². The van der Waals surface area contributed by atoms with E-state index in [1.165, 1.54) is 0 Å². The van der Waals surface area contributed by atoms with Crippen molar-refractivity contribution in [2.45, 2.75) is 39.5 Å². The zero-order valence-electron chi connectivity index (χ0n) is 15.9. The SMILES string of the molecule is CCOC(=O)c1ccc(/C(=N/[S@@](=O)c2ccc(C)cc2)C(C)(C)C)cc1. The van der Waals surface area contributed by atoms with Gasteiger partial charge in [0, 0.05) is 5.41 Å². The fraction of sp³-hybridized carbons (Fsp3) is 0.333. The van der Waals surface area contributed by atoms with E-state index in [0.29, 0.717) is 17.1 Å². The second-order valence-electron chi connectivity index (χ2n) is 7.05. The Bertz CT molecular complexity index is 816. The summed E-state index contributed by atoms with van der Waals surface area (Å²) in [5, 5.41) is 0. The van der Waals surface area contributed by atoms with E-state index in [2.05, 4.69) is 4.40 Å². The molecule has 0 amide bonds. The maximum atomic E-state index is 12.7. The van der Waals surface area contributed by atoms with Crippen LogP contribution in [0.3, 0.4) is 0 Å². The van der Waals surface area contributed by atoms with Crippen LogP contribution < -0.4 is 0 Å². The highest BCUT2D eigenvalue weighted by Gasteiger charge is 2.22. The third-order valence-corrected chi connectivity index (χ3v) is 4.80. The largest absolute Gasteiger partial charge is 0.462 e. The Morgan fingerprint density at radius 3 is 2.04 bits per heavy atom. The van der Waals surface area contributed by atoms with Gasteiger partial charge >= 0.3 is 5.97 Å². The fourth-order valence-electron chi connectivity index (χ4n) is 2.39. The van der Waals surface area contributed by atoms with Crippen molar-refractivity contribution in [1.82, 2.24) is 0 Å². The first-order chi connectivity index (χ1) is 12.2. The van der Waals surface area contributed by atoms with Crippen molar-refractivity contribution >= 4 is 22.7 Å². The number of benzene rings is 2. The Labute approximate surface area is 157 Å². The quantitative estimate of drug-likeness (QED) is 0.564. The summed E-state index contributed by atoms with van der Waals surface area (Å²) >= 11 is 0. The predicted octanol–water partition coefficient (Wildman–Crippen LogP) is 4.73. The number of hydrogen-bond donors (Lipinski definition) is 0. The van der Waals surface area contributed by atoms with Crippen LogP contribution in [0.15, 0.2) is 57.8 Å². The van der Waals surface area contributed by atoms with Crippen molar-refractivity contribution in [2.24, 2.45) is 9.81 Å². The molecule has 0 aromatic heterocycles. The van der Waals surface area contributed by atoms with Gasteiger partial charge in [-0.3, -0.25) is 0 Å². The van der Waals surface area contributed by atoms with Gasteiger partial charge < -0.3 is 4.74 Å². The van der Waals surface area contributed by atoms with Gasteiger partial charge in [0.05, 0.1) is 22.8 Å². The fourth-order valence-corrected chi connectivity index (χ4v) is 3.41. The highest BCUT2D eigenvalue weighted by Crippen LogP contribution is 2.24. The summed E-state index contributed by atoms with van der Waals surface area (Å²) in [7, 11) is -1.49. The summed E-state index contributed by atoms with van der Waals surface area (Å²) in [6.45, 7) is 10.2. The van der Waals surface area contributed by atoms with E-state index in [4.69, 9.17) is 4.74 Å². The van der Waals surface area contributed by atoms with Gasteiger partial charge in [-0.25, -0.2) is 9.00 Å². The maximum absolute atomic E-state index is 12.7. The van der Waals surface area contributed by atoms with Gasteiger partial charge in [-0.05, 0) is 43.7 Å². The molecular formula is C21H25NO3S. The summed E-state index contributed by atoms with van der Waals surface area (Å²) < 4.78 is 22.2. The minimum atomic E-state index is -1.49. The van der Waals surface area contributed by atoms with Crippen LogP contribution in [0.4, 0.5) is 0 Å². The zero-order chi connectivity index (χ0) is 19.3. The molecule has 0 heterocycles. The molecule has 138 valence electrons. The molecule has 2 rings (SSSR count). The minimum absolute atomic E-state index is 0.300. The van der Waals surface area contributed by atoms with E-state index in [-0.39, 0.29) is 11.4 Å². The Balaban J connectivity index is 2.37. The van der Waals surface area contributed by atoms with Crippen molar-refractivity contribution < 1.29 is 13.7 Å². The summed E-state index contributed by atoms with van der Waals surface area (Å²) in [6, 6.07) is 14.6. The van der Waals surface area contributed by atoms with E-state index >= 15 is 0 Å². The number of ether oxygens (including phenoxy) is 1. The Kier molecular flexibility index (Phi) is 6.48. The van der Waals surface area contributed by atoms with Gasteiger partial charge in [-0.15, -0.1) is 0 Å². The number of nitrogens with zero attached hydrogens (tertiary/aromatic N) is 1. The second-order valence-corrected chi connectivity index (χ2v) is 8.20. The van der Waals surface area contributed by atoms with Crippen LogP contribution in [0.5, 0.6) is 0 Å². The average Bonchev–Trinajstić information content (AvgIpc) is 2.59. The standard InChI is InChI=1S/C21H25NO3S/c1-6-25-20(23)17-11-9-16(10-12-17)19(21(3,4)5)22-26(24)18-13-7-15(2)8-14-18/h7-14H,6H2,1-5H3/b22-19-/t26-/m0/s1. The molecule has 0 saturated carbocycles. The molecule has 2 aromatic rings. The molecule has 0 saturated heterocycles. The molecule has 2 aromatic carbocycles. The molecule has 0 aliphatic rings. The van der Waals surface area contributed by atoms with Crippen LogP contribution in [-0.4, -0.2) is 22.5 Å². The van der Waals surface area contributed by atoms with Gasteiger partial charge in [-0.2, -0.15) is 4.40 Å². The van der Waals surface area contributed by atoms with Crippen LogP contribution in [0.25, 0.3) is 0 Å². The molecule has 0 fully saturated rings. The molecule has 0 aliphatic carbocycles. The molecule has 26 heavy (non-hydrogen) atoms. The summed E-state index contributed by atoms with van der Waals surface area (Å²) in [4.78, 5) is 12.5. The first-order valence-electron chi connectivity index (χ1n) is 8.57. The molecule has 0 spiro atoms. The lowest BCUT2D eigenvalue weighted by molar-refractivity contribution is 0.0526. The van der Waals surface area contributed by atoms with Crippen LogP contribution in [0.2, 0.25) is 0 Å². The maximum Gasteiger partial charge on any atom is 0.338 e. The van der Waals surface area contributed by atoms with E-state index in [1.54, 1.807) is 19.1 Å². The number of aryl methyl sites for hydroxylation is 1. The smallest absolute Gasteiger partial charge is 0.338 e. The Morgan fingerprint density at radius 2 is 1.54 bits per heavy atom. The summed E-state index contributed by atoms with van der Waals surface area (Å²) in [5.41, 5.74) is 2.87. The lowest BCUT2D eigenvalue weighted by atomic mass is 9.85. The lowest BCUT2D eigenvalue weighted by Crippen LogP contribution is -2.22. The zero-order valence-corrected chi connectivity index (χ0v) is 16.7.